The van der Waals surface area contributed by atoms with Crippen LogP contribution in [0.25, 0.3) is 0 Å². The van der Waals surface area contributed by atoms with E-state index in [0.29, 0.717) is 0 Å². The Morgan fingerprint density at radius 1 is 1.54 bits per heavy atom. The molecule has 1 aromatic rings. The molecule has 0 unspecified atom stereocenters. The maximum Gasteiger partial charge on any atom is 0.339 e. The van der Waals surface area contributed by atoms with Crippen molar-refractivity contribution in [3.8, 4) is 11.5 Å². The van der Waals surface area contributed by atoms with E-state index in [9.17, 15) is 9.90 Å². The van der Waals surface area contributed by atoms with Gasteiger partial charge < -0.3 is 14.9 Å². The van der Waals surface area contributed by atoms with Crippen LogP contribution in [0.5, 0.6) is 11.5 Å². The third kappa shape index (κ3) is 1.67. The largest absolute Gasteiger partial charge is 0.503 e. The van der Waals surface area contributed by atoms with E-state index in [1.807, 2.05) is 0 Å². The number of carboxylic acid groups (broad SMARTS) is 1. The highest BCUT2D eigenvalue weighted by atomic mass is 35.5. The molecule has 0 aliphatic heterocycles. The molecule has 0 amide bonds. The maximum absolute atomic E-state index is 10.6. The number of carboxylic acids is 1. The molecule has 0 bridgehead atoms. The molecule has 70 valence electrons. The van der Waals surface area contributed by atoms with E-state index in [2.05, 4.69) is 0 Å². The number of rotatable bonds is 2. The fourth-order valence-electron chi connectivity index (χ4n) is 0.922. The van der Waals surface area contributed by atoms with Gasteiger partial charge in [-0.3, -0.25) is 0 Å². The minimum atomic E-state index is -1.18. The summed E-state index contributed by atoms with van der Waals surface area (Å²) in [6.07, 6.45) is 0. The van der Waals surface area contributed by atoms with Crippen molar-refractivity contribution in [1.82, 2.24) is 0 Å². The van der Waals surface area contributed by atoms with E-state index >= 15 is 0 Å². The van der Waals surface area contributed by atoms with Crippen LogP contribution < -0.4 is 4.74 Å². The molecular formula is C8H7ClO4. The summed E-state index contributed by atoms with van der Waals surface area (Å²) in [5, 5.41) is 18.0. The lowest BCUT2D eigenvalue weighted by Gasteiger charge is -2.07. The van der Waals surface area contributed by atoms with Crippen LogP contribution in [0, 0.1) is 0 Å². The Hall–Kier alpha value is -1.42. The zero-order valence-electron chi connectivity index (χ0n) is 6.74. The molecule has 0 aliphatic carbocycles. The molecule has 0 fully saturated rings. The fraction of sp³-hybridized carbons (Fsp3) is 0.125. The van der Waals surface area contributed by atoms with Crippen molar-refractivity contribution in [2.24, 2.45) is 0 Å². The molecule has 1 rings (SSSR count). The van der Waals surface area contributed by atoms with E-state index < -0.39 is 5.97 Å². The van der Waals surface area contributed by atoms with E-state index in [0.717, 1.165) is 0 Å². The van der Waals surface area contributed by atoms with Gasteiger partial charge in [0.15, 0.2) is 11.5 Å². The summed E-state index contributed by atoms with van der Waals surface area (Å²) in [4.78, 5) is 10.6. The Kier molecular flexibility index (Phi) is 2.63. The van der Waals surface area contributed by atoms with Crippen LogP contribution in [0.3, 0.4) is 0 Å². The third-order valence-corrected chi connectivity index (χ3v) is 1.82. The van der Waals surface area contributed by atoms with Crippen LogP contribution in [0.2, 0.25) is 5.02 Å². The van der Waals surface area contributed by atoms with Crippen molar-refractivity contribution in [3.05, 3.63) is 22.7 Å². The molecule has 0 aliphatic rings. The smallest absolute Gasteiger partial charge is 0.339 e. The Balaban J connectivity index is 3.38. The van der Waals surface area contributed by atoms with Gasteiger partial charge in [0.1, 0.15) is 5.56 Å². The number of carbonyl (C=O) groups is 1. The van der Waals surface area contributed by atoms with Crippen LogP contribution in [-0.4, -0.2) is 23.3 Å². The van der Waals surface area contributed by atoms with Crippen LogP contribution in [0.15, 0.2) is 12.1 Å². The molecule has 0 spiro atoms. The van der Waals surface area contributed by atoms with Crippen molar-refractivity contribution in [1.29, 1.82) is 0 Å². The van der Waals surface area contributed by atoms with Gasteiger partial charge in [-0.05, 0) is 12.1 Å². The molecule has 5 heteroatoms. The lowest BCUT2D eigenvalue weighted by molar-refractivity contribution is 0.0692. The lowest BCUT2D eigenvalue weighted by Crippen LogP contribution is -2.00. The predicted octanol–water partition coefficient (Wildman–Crippen LogP) is 1.75. The van der Waals surface area contributed by atoms with Gasteiger partial charge in [0.05, 0.1) is 12.1 Å². The minimum absolute atomic E-state index is 0.0573. The monoisotopic (exact) mass is 202 g/mol. The first-order valence-electron chi connectivity index (χ1n) is 3.36. The maximum atomic E-state index is 10.6. The summed E-state index contributed by atoms with van der Waals surface area (Å²) in [5.74, 6) is -1.66. The first-order valence-corrected chi connectivity index (χ1v) is 3.74. The second kappa shape index (κ2) is 3.53. The molecule has 0 radical (unpaired) electrons. The van der Waals surface area contributed by atoms with Gasteiger partial charge in [-0.2, -0.15) is 0 Å². The van der Waals surface area contributed by atoms with E-state index in [4.69, 9.17) is 21.4 Å². The average Bonchev–Trinajstić information content (AvgIpc) is 2.09. The minimum Gasteiger partial charge on any atom is -0.503 e. The van der Waals surface area contributed by atoms with Crippen molar-refractivity contribution in [3.63, 3.8) is 0 Å². The Labute approximate surface area is 79.3 Å². The number of hydrogen-bond acceptors (Lipinski definition) is 3. The number of phenols is 1. The second-order valence-electron chi connectivity index (χ2n) is 2.28. The van der Waals surface area contributed by atoms with Gasteiger partial charge in [-0.25, -0.2) is 4.79 Å². The van der Waals surface area contributed by atoms with Gasteiger partial charge in [0.2, 0.25) is 0 Å². The highest BCUT2D eigenvalue weighted by molar-refractivity contribution is 6.32. The fourth-order valence-corrected chi connectivity index (χ4v) is 1.07. The van der Waals surface area contributed by atoms with Crippen LogP contribution in [0.1, 0.15) is 10.4 Å². The molecule has 13 heavy (non-hydrogen) atoms. The second-order valence-corrected chi connectivity index (χ2v) is 2.69. The highest BCUT2D eigenvalue weighted by Gasteiger charge is 2.16. The SMILES string of the molecule is COc1c(C(=O)O)ccc(Cl)c1O. The molecule has 1 aromatic carbocycles. The molecule has 0 heterocycles. The van der Waals surface area contributed by atoms with Crippen molar-refractivity contribution < 1.29 is 19.7 Å². The molecule has 0 aromatic heterocycles. The molecule has 0 saturated carbocycles. The number of methoxy groups -OCH3 is 1. The van der Waals surface area contributed by atoms with Crippen LogP contribution in [0.4, 0.5) is 0 Å². The first-order chi connectivity index (χ1) is 6.07. The summed E-state index contributed by atoms with van der Waals surface area (Å²) < 4.78 is 4.70. The number of hydrogen-bond donors (Lipinski definition) is 2. The number of aromatic hydroxyl groups is 1. The van der Waals surface area contributed by atoms with Crippen molar-refractivity contribution in [2.45, 2.75) is 0 Å². The Morgan fingerprint density at radius 2 is 2.15 bits per heavy atom. The number of benzene rings is 1. The Morgan fingerprint density at radius 3 is 2.62 bits per heavy atom. The van der Waals surface area contributed by atoms with E-state index in [1.165, 1.54) is 19.2 Å². The van der Waals surface area contributed by atoms with Crippen molar-refractivity contribution >= 4 is 17.6 Å². The first kappa shape index (κ1) is 9.67. The average molecular weight is 203 g/mol. The van der Waals surface area contributed by atoms with Gasteiger partial charge >= 0.3 is 5.97 Å². The molecule has 0 atom stereocenters. The zero-order valence-corrected chi connectivity index (χ0v) is 7.50. The van der Waals surface area contributed by atoms with Gasteiger partial charge in [0, 0.05) is 0 Å². The number of aromatic carboxylic acids is 1. The quantitative estimate of drug-likeness (QED) is 0.767. The highest BCUT2D eigenvalue weighted by Crippen LogP contribution is 2.36. The van der Waals surface area contributed by atoms with Crippen molar-refractivity contribution in [2.75, 3.05) is 7.11 Å². The topological polar surface area (TPSA) is 66.8 Å². The number of phenolic OH excluding ortho intramolecular Hbond substituents is 1. The number of halogens is 1. The third-order valence-electron chi connectivity index (χ3n) is 1.52. The summed E-state index contributed by atoms with van der Waals surface area (Å²) >= 11 is 5.55. The molecule has 0 saturated heterocycles. The van der Waals surface area contributed by atoms with E-state index in [1.54, 1.807) is 0 Å². The summed E-state index contributed by atoms with van der Waals surface area (Å²) in [5.41, 5.74) is -0.121. The predicted molar refractivity (Wildman–Crippen MR) is 46.6 cm³/mol. The van der Waals surface area contributed by atoms with Crippen LogP contribution in [-0.2, 0) is 0 Å². The molecule has 4 nitrogen and oxygen atoms in total. The molecular weight excluding hydrogens is 196 g/mol. The summed E-state index contributed by atoms with van der Waals surface area (Å²) in [7, 11) is 1.26. The van der Waals surface area contributed by atoms with E-state index in [-0.39, 0.29) is 22.1 Å². The molecule has 2 N–H and O–H groups in total. The number of ether oxygens (including phenoxy) is 1. The van der Waals surface area contributed by atoms with Gasteiger partial charge in [-0.15, -0.1) is 0 Å². The Bertz CT molecular complexity index is 348. The van der Waals surface area contributed by atoms with Gasteiger partial charge in [-0.1, -0.05) is 11.6 Å². The van der Waals surface area contributed by atoms with Gasteiger partial charge in [0.25, 0.3) is 0 Å². The normalized spacial score (nSPS) is 9.69. The zero-order chi connectivity index (χ0) is 10.0. The summed E-state index contributed by atoms with van der Waals surface area (Å²) in [6, 6.07) is 2.56. The lowest BCUT2D eigenvalue weighted by atomic mass is 10.2. The summed E-state index contributed by atoms with van der Waals surface area (Å²) in [6.45, 7) is 0. The standard InChI is InChI=1S/C8H7ClO4/c1-13-7-4(8(11)12)2-3-5(9)6(7)10/h2-3,10H,1H3,(H,11,12). The van der Waals surface area contributed by atoms with Crippen LogP contribution >= 0.6 is 11.6 Å².